The van der Waals surface area contributed by atoms with Crippen molar-refractivity contribution in [3.8, 4) is 11.8 Å². The van der Waals surface area contributed by atoms with Gasteiger partial charge < -0.3 is 10.1 Å². The van der Waals surface area contributed by atoms with E-state index < -0.39 is 0 Å². The first-order valence-corrected chi connectivity index (χ1v) is 6.20. The van der Waals surface area contributed by atoms with E-state index in [9.17, 15) is 0 Å². The Bertz CT molecular complexity index is 422. The van der Waals surface area contributed by atoms with Gasteiger partial charge in [0.15, 0.2) is 0 Å². The van der Waals surface area contributed by atoms with Crippen LogP contribution in [0.25, 0.3) is 0 Å². The van der Waals surface area contributed by atoms with E-state index in [4.69, 9.17) is 21.6 Å². The minimum absolute atomic E-state index is 0.541. The van der Waals surface area contributed by atoms with Crippen LogP contribution in [-0.2, 0) is 0 Å². The maximum atomic E-state index is 8.94. The summed E-state index contributed by atoms with van der Waals surface area (Å²) < 4.78 is 5.64. The van der Waals surface area contributed by atoms with Crippen LogP contribution in [0.4, 0.5) is 0 Å². The van der Waals surface area contributed by atoms with Crippen LogP contribution in [0.15, 0.2) is 18.2 Å². The van der Waals surface area contributed by atoms with Crippen LogP contribution >= 0.6 is 11.6 Å². The second kappa shape index (κ2) is 5.90. The number of nitriles is 1. The molecular formula is C13H15ClN2O. The molecule has 0 radical (unpaired) electrons. The summed E-state index contributed by atoms with van der Waals surface area (Å²) in [5.41, 5.74) is 0.541. The molecule has 1 aromatic carbocycles. The Morgan fingerprint density at radius 1 is 1.53 bits per heavy atom. The molecule has 0 spiro atoms. The Morgan fingerprint density at radius 2 is 2.41 bits per heavy atom. The van der Waals surface area contributed by atoms with Crippen molar-refractivity contribution in [3.05, 3.63) is 28.8 Å². The van der Waals surface area contributed by atoms with E-state index in [1.54, 1.807) is 18.2 Å². The van der Waals surface area contributed by atoms with E-state index in [2.05, 4.69) is 11.4 Å². The molecule has 3 nitrogen and oxygen atoms in total. The molecule has 0 amide bonds. The highest BCUT2D eigenvalue weighted by Gasteiger charge is 2.14. The van der Waals surface area contributed by atoms with Crippen LogP contribution in [0.3, 0.4) is 0 Å². The fraction of sp³-hybridized carbons (Fsp3) is 0.462. The molecular weight excluding hydrogens is 236 g/mol. The average molecular weight is 251 g/mol. The van der Waals surface area contributed by atoms with E-state index in [1.165, 1.54) is 6.42 Å². The van der Waals surface area contributed by atoms with E-state index >= 15 is 0 Å². The van der Waals surface area contributed by atoms with E-state index in [0.717, 1.165) is 19.5 Å². The average Bonchev–Trinajstić information content (AvgIpc) is 2.82. The van der Waals surface area contributed by atoms with E-state index in [-0.39, 0.29) is 0 Å². The molecule has 0 saturated carbocycles. The molecule has 1 saturated heterocycles. The van der Waals surface area contributed by atoms with E-state index in [1.807, 2.05) is 0 Å². The fourth-order valence-corrected chi connectivity index (χ4v) is 2.17. The summed E-state index contributed by atoms with van der Waals surface area (Å²) in [6.45, 7) is 2.82. The first-order valence-electron chi connectivity index (χ1n) is 5.83. The van der Waals surface area contributed by atoms with Gasteiger partial charge in [-0.1, -0.05) is 11.6 Å². The highest BCUT2D eigenvalue weighted by Crippen LogP contribution is 2.23. The highest BCUT2D eigenvalue weighted by molar-refractivity contribution is 6.30. The van der Waals surface area contributed by atoms with Gasteiger partial charge in [-0.3, -0.25) is 0 Å². The Balaban J connectivity index is 1.89. The number of halogens is 1. The number of rotatable bonds is 4. The fourth-order valence-electron chi connectivity index (χ4n) is 2.00. The van der Waals surface area contributed by atoms with Crippen LogP contribution in [0.2, 0.25) is 5.02 Å². The zero-order valence-electron chi connectivity index (χ0n) is 9.58. The topological polar surface area (TPSA) is 45.0 Å². The highest BCUT2D eigenvalue weighted by atomic mass is 35.5. The lowest BCUT2D eigenvalue weighted by molar-refractivity contribution is 0.283. The third kappa shape index (κ3) is 3.36. The maximum Gasteiger partial charge on any atom is 0.138 e. The van der Waals surface area contributed by atoms with Gasteiger partial charge in [-0.15, -0.1) is 0 Å². The lowest BCUT2D eigenvalue weighted by Gasteiger charge is -2.11. The molecule has 1 N–H and O–H groups in total. The number of nitrogens with zero attached hydrogens (tertiary/aromatic N) is 1. The second-order valence-electron chi connectivity index (χ2n) is 4.25. The van der Waals surface area contributed by atoms with Gasteiger partial charge in [0, 0.05) is 11.1 Å². The van der Waals surface area contributed by atoms with Gasteiger partial charge in [-0.05, 0) is 44.0 Å². The monoisotopic (exact) mass is 250 g/mol. The smallest absolute Gasteiger partial charge is 0.138 e. The molecule has 0 bridgehead atoms. The third-order valence-electron chi connectivity index (χ3n) is 3.01. The van der Waals surface area contributed by atoms with Crippen LogP contribution in [0.1, 0.15) is 18.4 Å². The molecule has 17 heavy (non-hydrogen) atoms. The summed E-state index contributed by atoms with van der Waals surface area (Å²) in [4.78, 5) is 0. The lowest BCUT2D eigenvalue weighted by atomic mass is 10.1. The molecule has 1 aliphatic heterocycles. The molecule has 1 aliphatic rings. The second-order valence-corrected chi connectivity index (χ2v) is 4.68. The Hall–Kier alpha value is -1.24. The van der Waals surface area contributed by atoms with Gasteiger partial charge in [-0.25, -0.2) is 0 Å². The predicted octanol–water partition coefficient (Wildman–Crippen LogP) is 2.59. The van der Waals surface area contributed by atoms with Crippen molar-refractivity contribution in [2.75, 3.05) is 19.7 Å². The molecule has 4 heteroatoms. The first kappa shape index (κ1) is 12.2. The summed E-state index contributed by atoms with van der Waals surface area (Å²) in [6.07, 6.45) is 2.23. The molecule has 1 aromatic rings. The van der Waals surface area contributed by atoms with Crippen molar-refractivity contribution < 1.29 is 4.74 Å². The lowest BCUT2D eigenvalue weighted by Crippen LogP contribution is -2.11. The van der Waals surface area contributed by atoms with Crippen molar-refractivity contribution >= 4 is 11.6 Å². The van der Waals surface area contributed by atoms with Gasteiger partial charge in [0.1, 0.15) is 11.8 Å². The van der Waals surface area contributed by atoms with Crippen LogP contribution in [0.5, 0.6) is 5.75 Å². The SMILES string of the molecule is N#Cc1ccc(Cl)cc1OCCC1CCNC1. The van der Waals surface area contributed by atoms with Crippen molar-refractivity contribution in [3.63, 3.8) is 0 Å². The number of benzene rings is 1. The normalized spacial score (nSPS) is 18.9. The summed E-state index contributed by atoms with van der Waals surface area (Å²) >= 11 is 5.88. The van der Waals surface area contributed by atoms with Gasteiger partial charge >= 0.3 is 0 Å². The molecule has 1 unspecified atom stereocenters. The van der Waals surface area contributed by atoms with Crippen molar-refractivity contribution in [2.24, 2.45) is 5.92 Å². The van der Waals surface area contributed by atoms with E-state index in [0.29, 0.717) is 28.9 Å². The zero-order valence-corrected chi connectivity index (χ0v) is 10.3. The summed E-state index contributed by atoms with van der Waals surface area (Å²) in [5, 5.41) is 12.9. The number of hydrogen-bond acceptors (Lipinski definition) is 3. The first-order chi connectivity index (χ1) is 8.29. The van der Waals surface area contributed by atoms with Gasteiger partial charge in [0.25, 0.3) is 0 Å². The predicted molar refractivity (Wildman–Crippen MR) is 67.3 cm³/mol. The summed E-state index contributed by atoms with van der Waals surface area (Å²) in [6, 6.07) is 7.20. The van der Waals surface area contributed by atoms with Crippen LogP contribution < -0.4 is 10.1 Å². The molecule has 90 valence electrons. The maximum absolute atomic E-state index is 8.94. The molecule has 0 aliphatic carbocycles. The minimum Gasteiger partial charge on any atom is -0.492 e. The van der Waals surface area contributed by atoms with Gasteiger partial charge in [-0.2, -0.15) is 5.26 Å². The number of ether oxygens (including phenoxy) is 1. The molecule has 0 aromatic heterocycles. The Labute approximate surface area is 106 Å². The molecule has 1 fully saturated rings. The Kier molecular flexibility index (Phi) is 4.24. The van der Waals surface area contributed by atoms with Crippen molar-refractivity contribution in [2.45, 2.75) is 12.8 Å². The van der Waals surface area contributed by atoms with Gasteiger partial charge in [0.2, 0.25) is 0 Å². The van der Waals surface area contributed by atoms with Crippen molar-refractivity contribution in [1.82, 2.24) is 5.32 Å². The molecule has 1 atom stereocenters. The zero-order chi connectivity index (χ0) is 12.1. The number of hydrogen-bond donors (Lipinski definition) is 1. The third-order valence-corrected chi connectivity index (χ3v) is 3.25. The van der Waals surface area contributed by atoms with Crippen LogP contribution in [0, 0.1) is 17.2 Å². The van der Waals surface area contributed by atoms with Crippen molar-refractivity contribution in [1.29, 1.82) is 5.26 Å². The Morgan fingerprint density at radius 3 is 3.12 bits per heavy atom. The van der Waals surface area contributed by atoms with Gasteiger partial charge in [0.05, 0.1) is 12.2 Å². The summed E-state index contributed by atoms with van der Waals surface area (Å²) in [5.74, 6) is 1.28. The number of nitrogens with one attached hydrogen (secondary N) is 1. The largest absolute Gasteiger partial charge is 0.492 e. The molecule has 2 rings (SSSR count). The van der Waals surface area contributed by atoms with Crippen LogP contribution in [-0.4, -0.2) is 19.7 Å². The minimum atomic E-state index is 0.541. The standard InChI is InChI=1S/C13H15ClN2O/c14-12-2-1-11(8-15)13(7-12)17-6-4-10-3-5-16-9-10/h1-2,7,10,16H,3-6,9H2. The molecule has 1 heterocycles. The quantitative estimate of drug-likeness (QED) is 0.893. The summed E-state index contributed by atoms with van der Waals surface area (Å²) in [7, 11) is 0.